The quantitative estimate of drug-likeness (QED) is 0.308. The Morgan fingerprint density at radius 1 is 0.946 bits per heavy atom. The van der Waals surface area contributed by atoms with Gasteiger partial charge in [-0.15, -0.1) is 0 Å². The first kappa shape index (κ1) is 25.9. The van der Waals surface area contributed by atoms with E-state index in [1.54, 1.807) is 56.4 Å². The number of hydrogen-bond acceptors (Lipinski definition) is 4. The van der Waals surface area contributed by atoms with Gasteiger partial charge in [-0.2, -0.15) is 0 Å². The van der Waals surface area contributed by atoms with Crippen molar-refractivity contribution in [2.45, 2.75) is 32.7 Å². The lowest BCUT2D eigenvalue weighted by atomic mass is 10.0. The smallest absolute Gasteiger partial charge is 0.306 e. The summed E-state index contributed by atoms with van der Waals surface area (Å²) in [5.41, 5.74) is 4.14. The van der Waals surface area contributed by atoms with Crippen molar-refractivity contribution in [3.63, 3.8) is 0 Å². The summed E-state index contributed by atoms with van der Waals surface area (Å²) in [6.07, 6.45) is 1.53. The fraction of sp³-hybridized carbons (Fsp3) is 0.241. The second kappa shape index (κ2) is 11.2. The molecule has 1 N–H and O–H groups in total. The minimum atomic E-state index is -0.853. The molecule has 4 aromatic rings. The topological polar surface area (TPSA) is 83.4 Å². The number of nitrogens with zero attached hydrogens (tertiary/aromatic N) is 3. The summed E-state index contributed by atoms with van der Waals surface area (Å²) in [5.74, 6) is -2.30. The van der Waals surface area contributed by atoms with Crippen molar-refractivity contribution in [1.82, 2.24) is 14.9 Å². The van der Waals surface area contributed by atoms with Crippen LogP contribution >= 0.6 is 0 Å². The molecule has 1 heterocycles. The Morgan fingerprint density at radius 3 is 2.41 bits per heavy atom. The normalized spacial score (nSPS) is 11.9. The molecule has 0 aliphatic heterocycles. The van der Waals surface area contributed by atoms with Crippen molar-refractivity contribution < 1.29 is 23.5 Å². The molecule has 1 amide bonds. The van der Waals surface area contributed by atoms with Gasteiger partial charge in [0.2, 0.25) is 0 Å². The van der Waals surface area contributed by atoms with Crippen LogP contribution in [0.3, 0.4) is 0 Å². The molecule has 0 fully saturated rings. The number of halogens is 2. The maximum absolute atomic E-state index is 13.5. The first-order valence-corrected chi connectivity index (χ1v) is 12.0. The summed E-state index contributed by atoms with van der Waals surface area (Å²) < 4.78 is 27.1. The minimum absolute atomic E-state index is 0.243. The van der Waals surface area contributed by atoms with Crippen LogP contribution in [0.1, 0.15) is 41.4 Å². The highest BCUT2D eigenvalue weighted by Gasteiger charge is 2.17. The van der Waals surface area contributed by atoms with E-state index in [0.717, 1.165) is 0 Å². The molecule has 37 heavy (non-hydrogen) atoms. The molecular weight excluding hydrogens is 476 g/mol. The van der Waals surface area contributed by atoms with Gasteiger partial charge >= 0.3 is 5.97 Å². The summed E-state index contributed by atoms with van der Waals surface area (Å²) in [4.78, 5) is 35.4. The fourth-order valence-corrected chi connectivity index (χ4v) is 4.14. The molecule has 0 saturated carbocycles. The molecule has 0 aliphatic carbocycles. The van der Waals surface area contributed by atoms with Crippen LogP contribution in [0.15, 0.2) is 66.7 Å². The maximum atomic E-state index is 13.5. The number of hydrogen-bond donors (Lipinski definition) is 1. The predicted octanol–water partition coefficient (Wildman–Crippen LogP) is 5.89. The molecule has 0 saturated heterocycles. The van der Waals surface area contributed by atoms with Crippen LogP contribution in [0.2, 0.25) is 0 Å². The van der Waals surface area contributed by atoms with Crippen LogP contribution in [-0.2, 0) is 17.8 Å². The zero-order valence-corrected chi connectivity index (χ0v) is 20.6. The van der Waals surface area contributed by atoms with Crippen LogP contribution in [-0.4, -0.2) is 38.9 Å². The van der Waals surface area contributed by atoms with Gasteiger partial charge in [0, 0.05) is 24.7 Å². The van der Waals surface area contributed by atoms with Crippen molar-refractivity contribution in [2.24, 2.45) is 5.92 Å². The van der Waals surface area contributed by atoms with Crippen molar-refractivity contribution in [2.75, 3.05) is 7.05 Å². The second-order valence-corrected chi connectivity index (χ2v) is 9.15. The van der Waals surface area contributed by atoms with Gasteiger partial charge in [0.05, 0.1) is 28.3 Å². The van der Waals surface area contributed by atoms with E-state index in [1.807, 2.05) is 0 Å². The van der Waals surface area contributed by atoms with Crippen LogP contribution in [0.4, 0.5) is 8.78 Å². The Morgan fingerprint density at radius 2 is 1.70 bits per heavy atom. The van der Waals surface area contributed by atoms with Gasteiger partial charge in [-0.25, -0.2) is 18.7 Å². The van der Waals surface area contributed by atoms with Crippen molar-refractivity contribution in [3.8, 4) is 11.3 Å². The van der Waals surface area contributed by atoms with E-state index in [2.05, 4.69) is 0 Å². The summed E-state index contributed by atoms with van der Waals surface area (Å²) in [7, 11) is 1.65. The van der Waals surface area contributed by atoms with Crippen molar-refractivity contribution in [1.29, 1.82) is 0 Å². The van der Waals surface area contributed by atoms with Crippen LogP contribution < -0.4 is 0 Å². The molecule has 0 spiro atoms. The Balaban J connectivity index is 1.64. The molecule has 0 aliphatic rings. The van der Waals surface area contributed by atoms with Gasteiger partial charge in [-0.1, -0.05) is 19.1 Å². The van der Waals surface area contributed by atoms with Gasteiger partial charge in [0.15, 0.2) is 0 Å². The number of amides is 1. The molecule has 4 rings (SSSR count). The number of rotatable bonds is 9. The molecule has 3 aromatic carbocycles. The number of carboxylic acid groups (broad SMARTS) is 1. The fourth-order valence-electron chi connectivity index (χ4n) is 4.14. The van der Waals surface area contributed by atoms with E-state index in [9.17, 15) is 23.5 Å². The third-order valence-corrected chi connectivity index (χ3v) is 6.23. The van der Waals surface area contributed by atoms with Crippen LogP contribution in [0.25, 0.3) is 22.3 Å². The SMILES string of the molecule is CC(CCCc1nc2cc(C(=O)N(C)Cc3cccc(F)c3)ccc2nc1-c1ccc(F)cc1)C(=O)O. The molecule has 8 heteroatoms. The summed E-state index contributed by atoms with van der Waals surface area (Å²) in [5, 5.41) is 9.20. The van der Waals surface area contributed by atoms with Crippen molar-refractivity contribution in [3.05, 3.63) is 95.2 Å². The first-order chi connectivity index (χ1) is 17.7. The zero-order valence-electron chi connectivity index (χ0n) is 20.6. The van der Waals surface area contributed by atoms with Gasteiger partial charge in [-0.3, -0.25) is 9.59 Å². The van der Waals surface area contributed by atoms with Gasteiger partial charge < -0.3 is 10.0 Å². The van der Waals surface area contributed by atoms with E-state index < -0.39 is 11.9 Å². The van der Waals surface area contributed by atoms with E-state index >= 15 is 0 Å². The number of carboxylic acids is 1. The lowest BCUT2D eigenvalue weighted by Gasteiger charge is -2.18. The Hall–Kier alpha value is -4.20. The number of carbonyl (C=O) groups excluding carboxylic acids is 1. The van der Waals surface area contributed by atoms with E-state index in [4.69, 9.17) is 9.97 Å². The third kappa shape index (κ3) is 6.33. The van der Waals surface area contributed by atoms with E-state index in [1.165, 1.54) is 29.2 Å². The number of aryl methyl sites for hydroxylation is 1. The minimum Gasteiger partial charge on any atom is -0.481 e. The number of carbonyl (C=O) groups is 2. The average Bonchev–Trinajstić information content (AvgIpc) is 2.88. The summed E-state index contributed by atoms with van der Waals surface area (Å²) in [6.45, 7) is 1.91. The molecular formula is C29H27F2N3O3. The van der Waals surface area contributed by atoms with Crippen LogP contribution in [0.5, 0.6) is 0 Å². The predicted molar refractivity (Wildman–Crippen MR) is 137 cm³/mol. The highest BCUT2D eigenvalue weighted by atomic mass is 19.1. The Labute approximate surface area is 213 Å². The van der Waals surface area contributed by atoms with Gasteiger partial charge in [0.25, 0.3) is 5.91 Å². The molecule has 1 atom stereocenters. The monoisotopic (exact) mass is 503 g/mol. The number of aliphatic carboxylic acids is 1. The van der Waals surface area contributed by atoms with Gasteiger partial charge in [-0.05, 0) is 79.4 Å². The first-order valence-electron chi connectivity index (χ1n) is 12.0. The number of aromatic nitrogens is 2. The van der Waals surface area contributed by atoms with Crippen LogP contribution in [0, 0.1) is 17.6 Å². The number of benzene rings is 3. The molecule has 0 bridgehead atoms. The van der Waals surface area contributed by atoms with E-state index in [-0.39, 0.29) is 24.1 Å². The largest absolute Gasteiger partial charge is 0.481 e. The molecule has 0 radical (unpaired) electrons. The molecule has 1 unspecified atom stereocenters. The lowest BCUT2D eigenvalue weighted by molar-refractivity contribution is -0.141. The Bertz CT molecular complexity index is 1440. The molecule has 6 nitrogen and oxygen atoms in total. The third-order valence-electron chi connectivity index (χ3n) is 6.23. The zero-order chi connectivity index (χ0) is 26.5. The summed E-state index contributed by atoms with van der Waals surface area (Å²) in [6, 6.07) is 17.1. The number of fused-ring (bicyclic) bond motifs is 1. The van der Waals surface area contributed by atoms with E-state index in [0.29, 0.717) is 58.4 Å². The second-order valence-electron chi connectivity index (χ2n) is 9.15. The highest BCUT2D eigenvalue weighted by molar-refractivity contribution is 5.97. The van der Waals surface area contributed by atoms with Crippen molar-refractivity contribution >= 4 is 22.9 Å². The van der Waals surface area contributed by atoms with Gasteiger partial charge in [0.1, 0.15) is 11.6 Å². The standard InChI is InChI=1S/C29H27F2N3O3/c1-18(29(36)37)5-3-8-25-27(20-9-12-22(30)13-10-20)33-24-14-11-21(16-26(24)32-25)28(35)34(2)17-19-6-4-7-23(31)15-19/h4,6-7,9-16,18H,3,5,8,17H2,1-2H3,(H,36,37). The molecule has 1 aromatic heterocycles. The molecule has 190 valence electrons. The summed E-state index contributed by atoms with van der Waals surface area (Å²) >= 11 is 0. The lowest BCUT2D eigenvalue weighted by Crippen LogP contribution is -2.26. The average molecular weight is 504 g/mol. The Kier molecular flexibility index (Phi) is 7.86. The maximum Gasteiger partial charge on any atom is 0.306 e. The highest BCUT2D eigenvalue weighted by Crippen LogP contribution is 2.26.